The first-order valence-corrected chi connectivity index (χ1v) is 9.62. The fourth-order valence-electron chi connectivity index (χ4n) is 2.48. The average Bonchev–Trinajstić information content (AvgIpc) is 3.02. The molecule has 1 heterocycles. The van der Waals surface area contributed by atoms with Crippen LogP contribution in [0.3, 0.4) is 0 Å². The number of rotatable bonds is 7. The predicted octanol–water partition coefficient (Wildman–Crippen LogP) is 5.06. The Bertz CT molecular complexity index is 821. The zero-order chi connectivity index (χ0) is 20.2. The van der Waals surface area contributed by atoms with Gasteiger partial charge in [0.15, 0.2) is 17.3 Å². The molecular weight excluding hydrogens is 362 g/mol. The largest absolute Gasteiger partial charge is 0.493 e. The SMILES string of the molecule is CCOc1c(OC)cc(/C=C/C(=O)c2sc(C(C)(C)C)nc2C)cc1OC. The first-order chi connectivity index (χ1) is 12.7. The van der Waals surface area contributed by atoms with Crippen molar-refractivity contribution >= 4 is 23.2 Å². The van der Waals surface area contributed by atoms with Gasteiger partial charge in [0.25, 0.3) is 0 Å². The lowest BCUT2D eigenvalue weighted by Crippen LogP contribution is -2.10. The predicted molar refractivity (Wildman–Crippen MR) is 110 cm³/mol. The maximum absolute atomic E-state index is 12.7. The Balaban J connectivity index is 2.32. The Morgan fingerprint density at radius 3 is 2.22 bits per heavy atom. The molecule has 0 N–H and O–H groups in total. The maximum atomic E-state index is 12.7. The Morgan fingerprint density at radius 1 is 1.19 bits per heavy atom. The first kappa shape index (κ1) is 21.0. The van der Waals surface area contributed by atoms with Crippen LogP contribution in [-0.2, 0) is 5.41 Å². The lowest BCUT2D eigenvalue weighted by Gasteiger charge is -2.14. The van der Waals surface area contributed by atoms with E-state index in [1.165, 1.54) is 11.3 Å². The minimum Gasteiger partial charge on any atom is -0.493 e. The van der Waals surface area contributed by atoms with Crippen molar-refractivity contribution in [1.82, 2.24) is 4.98 Å². The molecule has 0 amide bonds. The smallest absolute Gasteiger partial charge is 0.203 e. The van der Waals surface area contributed by atoms with E-state index in [-0.39, 0.29) is 11.2 Å². The molecule has 0 aliphatic rings. The number of carbonyl (C=O) groups excluding carboxylic acids is 1. The van der Waals surface area contributed by atoms with Gasteiger partial charge < -0.3 is 14.2 Å². The summed E-state index contributed by atoms with van der Waals surface area (Å²) in [4.78, 5) is 17.9. The van der Waals surface area contributed by atoms with Gasteiger partial charge in [-0.15, -0.1) is 11.3 Å². The number of aryl methyl sites for hydroxylation is 1. The number of nitrogens with zero attached hydrogens (tertiary/aromatic N) is 1. The van der Waals surface area contributed by atoms with Gasteiger partial charge in [-0.25, -0.2) is 4.98 Å². The summed E-state index contributed by atoms with van der Waals surface area (Å²) in [6.45, 7) is 10.5. The van der Waals surface area contributed by atoms with Crippen molar-refractivity contribution < 1.29 is 19.0 Å². The number of benzene rings is 1. The Kier molecular flexibility index (Phi) is 6.65. The number of ether oxygens (including phenoxy) is 3. The summed E-state index contributed by atoms with van der Waals surface area (Å²) in [6, 6.07) is 3.63. The van der Waals surface area contributed by atoms with E-state index in [9.17, 15) is 4.79 Å². The van der Waals surface area contributed by atoms with E-state index < -0.39 is 0 Å². The van der Waals surface area contributed by atoms with Gasteiger partial charge in [0.1, 0.15) is 0 Å². The number of hydrogen-bond donors (Lipinski definition) is 0. The van der Waals surface area contributed by atoms with Crippen LogP contribution < -0.4 is 14.2 Å². The van der Waals surface area contributed by atoms with Crippen LogP contribution in [0, 0.1) is 6.92 Å². The molecule has 6 heteroatoms. The van der Waals surface area contributed by atoms with Crippen LogP contribution in [0.4, 0.5) is 0 Å². The third-order valence-electron chi connectivity index (χ3n) is 3.86. The number of methoxy groups -OCH3 is 2. The minimum atomic E-state index is -0.0759. The highest BCUT2D eigenvalue weighted by atomic mass is 32.1. The summed E-state index contributed by atoms with van der Waals surface area (Å²) in [5, 5.41) is 0.959. The van der Waals surface area contributed by atoms with Crippen LogP contribution in [0.1, 0.15) is 53.6 Å². The highest BCUT2D eigenvalue weighted by Crippen LogP contribution is 2.39. The monoisotopic (exact) mass is 389 g/mol. The van der Waals surface area contributed by atoms with Crippen molar-refractivity contribution in [3.8, 4) is 17.2 Å². The van der Waals surface area contributed by atoms with Gasteiger partial charge in [-0.3, -0.25) is 4.79 Å². The number of hydrogen-bond acceptors (Lipinski definition) is 6. The van der Waals surface area contributed by atoms with E-state index in [2.05, 4.69) is 25.8 Å². The molecule has 5 nitrogen and oxygen atoms in total. The number of allylic oxidation sites excluding steroid dienone is 1. The second-order valence-corrected chi connectivity index (χ2v) is 8.07. The van der Waals surface area contributed by atoms with Gasteiger partial charge in [0, 0.05) is 5.41 Å². The van der Waals surface area contributed by atoms with Crippen molar-refractivity contribution in [2.45, 2.75) is 40.0 Å². The molecule has 0 saturated heterocycles. The third-order valence-corrected chi connectivity index (χ3v) is 5.46. The van der Waals surface area contributed by atoms with Crippen LogP contribution in [0.2, 0.25) is 0 Å². The Labute approximate surface area is 165 Å². The minimum absolute atomic E-state index is 0.0627. The molecule has 0 spiro atoms. The molecule has 0 atom stereocenters. The Morgan fingerprint density at radius 2 is 1.78 bits per heavy atom. The molecule has 0 aliphatic heterocycles. The summed E-state index contributed by atoms with van der Waals surface area (Å²) in [7, 11) is 3.15. The molecule has 1 aromatic carbocycles. The molecule has 0 unspecified atom stereocenters. The van der Waals surface area contributed by atoms with Crippen LogP contribution in [0.5, 0.6) is 17.2 Å². The van der Waals surface area contributed by atoms with Gasteiger partial charge in [0.05, 0.1) is 36.4 Å². The maximum Gasteiger partial charge on any atom is 0.203 e. The van der Waals surface area contributed by atoms with E-state index in [4.69, 9.17) is 14.2 Å². The van der Waals surface area contributed by atoms with Crippen molar-refractivity contribution in [2.75, 3.05) is 20.8 Å². The lowest BCUT2D eigenvalue weighted by atomic mass is 9.98. The molecule has 0 fully saturated rings. The summed E-state index contributed by atoms with van der Waals surface area (Å²) in [5.74, 6) is 1.62. The van der Waals surface area contributed by atoms with E-state index in [1.807, 2.05) is 26.0 Å². The van der Waals surface area contributed by atoms with Gasteiger partial charge in [-0.1, -0.05) is 26.8 Å². The second kappa shape index (κ2) is 8.57. The summed E-state index contributed by atoms with van der Waals surface area (Å²) >= 11 is 1.45. The number of ketones is 1. The topological polar surface area (TPSA) is 57.7 Å². The van der Waals surface area contributed by atoms with Crippen LogP contribution in [-0.4, -0.2) is 31.6 Å². The fraction of sp³-hybridized carbons (Fsp3) is 0.429. The van der Waals surface area contributed by atoms with E-state index in [1.54, 1.807) is 26.4 Å². The average molecular weight is 390 g/mol. The van der Waals surface area contributed by atoms with Crippen LogP contribution in [0.15, 0.2) is 18.2 Å². The highest BCUT2D eigenvalue weighted by Gasteiger charge is 2.22. The van der Waals surface area contributed by atoms with Gasteiger partial charge >= 0.3 is 0 Å². The molecular formula is C21H27NO4S. The number of thiazole rings is 1. The summed E-state index contributed by atoms with van der Waals surface area (Å²) in [5.41, 5.74) is 1.48. The van der Waals surface area contributed by atoms with Crippen LogP contribution in [0.25, 0.3) is 6.08 Å². The first-order valence-electron chi connectivity index (χ1n) is 8.80. The number of aromatic nitrogens is 1. The molecule has 0 radical (unpaired) electrons. The molecule has 2 aromatic rings. The summed E-state index contributed by atoms with van der Waals surface area (Å²) < 4.78 is 16.4. The van der Waals surface area contributed by atoms with Crippen molar-refractivity contribution in [3.05, 3.63) is 39.4 Å². The molecule has 2 rings (SSSR count). The van der Waals surface area contributed by atoms with Gasteiger partial charge in [-0.05, 0) is 37.6 Å². The van der Waals surface area contributed by atoms with E-state index >= 15 is 0 Å². The lowest BCUT2D eigenvalue weighted by molar-refractivity contribution is 0.105. The molecule has 0 bridgehead atoms. The van der Waals surface area contributed by atoms with Gasteiger partial charge in [-0.2, -0.15) is 0 Å². The highest BCUT2D eigenvalue weighted by molar-refractivity contribution is 7.14. The van der Waals surface area contributed by atoms with E-state index in [0.29, 0.717) is 28.7 Å². The molecule has 0 aliphatic carbocycles. The van der Waals surface area contributed by atoms with Crippen LogP contribution >= 0.6 is 11.3 Å². The molecule has 146 valence electrons. The number of carbonyl (C=O) groups is 1. The quantitative estimate of drug-likeness (QED) is 0.489. The third kappa shape index (κ3) is 4.89. The van der Waals surface area contributed by atoms with Crippen molar-refractivity contribution in [3.63, 3.8) is 0 Å². The molecule has 0 saturated carbocycles. The zero-order valence-electron chi connectivity index (χ0n) is 17.0. The van der Waals surface area contributed by atoms with E-state index in [0.717, 1.165) is 16.3 Å². The molecule has 1 aromatic heterocycles. The van der Waals surface area contributed by atoms with Gasteiger partial charge in [0.2, 0.25) is 5.75 Å². The van der Waals surface area contributed by atoms with Crippen molar-refractivity contribution in [1.29, 1.82) is 0 Å². The zero-order valence-corrected chi connectivity index (χ0v) is 17.8. The summed E-state index contributed by atoms with van der Waals surface area (Å²) in [6.07, 6.45) is 3.31. The Hall–Kier alpha value is -2.34. The molecule has 27 heavy (non-hydrogen) atoms. The fourth-order valence-corrected chi connectivity index (χ4v) is 3.52. The normalized spacial score (nSPS) is 11.7. The standard InChI is InChI=1S/C21H27NO4S/c1-8-26-18-16(24-6)11-14(12-17(18)25-7)9-10-15(23)19-13(2)22-20(27-19)21(3,4)5/h9-12H,8H2,1-7H3/b10-9+. The second-order valence-electron chi connectivity index (χ2n) is 7.07. The van der Waals surface area contributed by atoms with Crippen molar-refractivity contribution in [2.24, 2.45) is 0 Å².